The Morgan fingerprint density at radius 1 is 0.974 bits per heavy atom. The molecule has 2 aromatic carbocycles. The average molecular weight is 559 g/mol. The topological polar surface area (TPSA) is 70.2 Å². The van der Waals surface area contributed by atoms with E-state index in [1.807, 2.05) is 24.3 Å². The normalized spacial score (nSPS) is 31.2. The highest BCUT2D eigenvalue weighted by atomic mass is 35.5. The molecule has 0 spiro atoms. The van der Waals surface area contributed by atoms with Gasteiger partial charge >= 0.3 is 0 Å². The number of carbonyl (C=O) groups excluding carboxylic acids is 2. The van der Waals surface area contributed by atoms with Crippen LogP contribution in [0.15, 0.2) is 48.5 Å². The smallest absolute Gasteiger partial charge is 0.251 e. The molecule has 4 rings (SSSR count). The molecule has 2 saturated heterocycles. The largest absolute Gasteiger partial charge is 0.351 e. The van der Waals surface area contributed by atoms with E-state index >= 15 is 0 Å². The molecular formula is C31H41Cl2N3O2. The number of benzene rings is 2. The number of halogens is 2. The van der Waals surface area contributed by atoms with Crippen LogP contribution in [0, 0.1) is 17.8 Å². The molecule has 2 heterocycles. The first-order valence-electron chi connectivity index (χ1n) is 14.2. The zero-order valence-electron chi connectivity index (χ0n) is 22.8. The number of fused-ring (bicyclic) bond motifs is 1. The van der Waals surface area contributed by atoms with Crippen LogP contribution in [-0.2, 0) is 4.79 Å². The summed E-state index contributed by atoms with van der Waals surface area (Å²) >= 11 is 12.5. The second kappa shape index (κ2) is 12.8. The van der Waals surface area contributed by atoms with Crippen molar-refractivity contribution in [2.24, 2.45) is 17.8 Å². The van der Waals surface area contributed by atoms with Crippen molar-refractivity contribution in [1.29, 1.82) is 0 Å². The van der Waals surface area contributed by atoms with Gasteiger partial charge in [-0.3, -0.25) is 9.59 Å². The van der Waals surface area contributed by atoms with Gasteiger partial charge in [0.2, 0.25) is 5.91 Å². The first kappa shape index (κ1) is 28.9. The maximum absolute atomic E-state index is 13.9. The quantitative estimate of drug-likeness (QED) is 0.342. The van der Waals surface area contributed by atoms with Gasteiger partial charge in [0.15, 0.2) is 0 Å². The van der Waals surface area contributed by atoms with Crippen LogP contribution in [-0.4, -0.2) is 36.0 Å². The fourth-order valence-corrected chi connectivity index (χ4v) is 7.38. The lowest BCUT2D eigenvalue weighted by Crippen LogP contribution is -2.65. The molecule has 8 atom stereocenters. The minimum atomic E-state index is -0.730. The highest BCUT2D eigenvalue weighted by molar-refractivity contribution is 6.31. The predicted molar refractivity (Wildman–Crippen MR) is 156 cm³/mol. The summed E-state index contributed by atoms with van der Waals surface area (Å²) in [4.78, 5) is 27.2. The van der Waals surface area contributed by atoms with Crippen LogP contribution >= 0.6 is 23.2 Å². The summed E-state index contributed by atoms with van der Waals surface area (Å²) in [6.45, 7) is 8.98. The van der Waals surface area contributed by atoms with Crippen LogP contribution in [0.25, 0.3) is 0 Å². The van der Waals surface area contributed by atoms with Crippen molar-refractivity contribution in [3.05, 3.63) is 69.7 Å². The second-order valence-electron chi connectivity index (χ2n) is 11.0. The number of unbranched alkanes of at least 4 members (excludes halogenated alkanes) is 1. The van der Waals surface area contributed by atoms with E-state index in [1.54, 1.807) is 24.3 Å². The van der Waals surface area contributed by atoms with E-state index in [2.05, 4.69) is 43.6 Å². The molecule has 0 aliphatic carbocycles. The van der Waals surface area contributed by atoms with Crippen LogP contribution in [0.2, 0.25) is 10.0 Å². The Morgan fingerprint density at radius 3 is 2.34 bits per heavy atom. The van der Waals surface area contributed by atoms with E-state index < -0.39 is 6.04 Å². The molecule has 2 aliphatic rings. The third kappa shape index (κ3) is 6.05. The third-order valence-corrected chi connectivity index (χ3v) is 9.28. The van der Waals surface area contributed by atoms with Gasteiger partial charge in [0, 0.05) is 45.6 Å². The molecule has 2 fully saturated rings. The monoisotopic (exact) mass is 557 g/mol. The van der Waals surface area contributed by atoms with Gasteiger partial charge in [0.25, 0.3) is 5.91 Å². The minimum absolute atomic E-state index is 0.000992. The second-order valence-corrected chi connectivity index (χ2v) is 11.9. The standard InChI is InChI=1S/C31H41Cl2N3O2/c1-5-8-12-24-23(6-2)28-26(18(4)34-25(24)7-3)27(20-10-9-11-22(33)17-20)29(31(38)35-28)36-30(37)19-13-15-21(32)16-14-19/h9-11,13-18,23-29,34H,5-8,12H2,1-4H3,(H,35,38)(H,36,37)/t18?,23?,24?,25?,26?,27-,28?,29+/m1/s1. The molecule has 3 N–H and O–H groups in total. The Labute approximate surface area is 237 Å². The zero-order chi connectivity index (χ0) is 27.4. The molecule has 2 aliphatic heterocycles. The molecule has 0 aromatic heterocycles. The first-order chi connectivity index (χ1) is 18.3. The molecule has 6 unspecified atom stereocenters. The highest BCUT2D eigenvalue weighted by Crippen LogP contribution is 2.45. The number of carbonyl (C=O) groups is 2. The van der Waals surface area contributed by atoms with E-state index in [9.17, 15) is 9.59 Å². The van der Waals surface area contributed by atoms with Crippen LogP contribution in [0.1, 0.15) is 81.6 Å². The number of piperidine rings is 1. The summed E-state index contributed by atoms with van der Waals surface area (Å²) in [6.07, 6.45) is 5.51. The first-order valence-corrected chi connectivity index (χ1v) is 14.9. The fraction of sp³-hybridized carbons (Fsp3) is 0.548. The maximum Gasteiger partial charge on any atom is 0.251 e. The van der Waals surface area contributed by atoms with Crippen molar-refractivity contribution >= 4 is 35.0 Å². The van der Waals surface area contributed by atoms with E-state index in [0.717, 1.165) is 31.2 Å². The summed E-state index contributed by atoms with van der Waals surface area (Å²) < 4.78 is 0. The number of hydrogen-bond acceptors (Lipinski definition) is 3. The Kier molecular flexibility index (Phi) is 9.78. The van der Waals surface area contributed by atoms with E-state index in [-0.39, 0.29) is 35.7 Å². The lowest BCUT2D eigenvalue weighted by molar-refractivity contribution is -0.129. The van der Waals surface area contributed by atoms with Gasteiger partial charge in [-0.1, -0.05) is 75.4 Å². The van der Waals surface area contributed by atoms with Crippen LogP contribution in [0.3, 0.4) is 0 Å². The van der Waals surface area contributed by atoms with Crippen molar-refractivity contribution in [3.63, 3.8) is 0 Å². The lowest BCUT2D eigenvalue weighted by atomic mass is 9.65. The minimum Gasteiger partial charge on any atom is -0.351 e. The van der Waals surface area contributed by atoms with Crippen molar-refractivity contribution in [2.75, 3.05) is 0 Å². The van der Waals surface area contributed by atoms with Gasteiger partial charge in [-0.2, -0.15) is 0 Å². The molecule has 7 heteroatoms. The molecule has 206 valence electrons. The molecule has 5 nitrogen and oxygen atoms in total. The Hall–Kier alpha value is -2.08. The van der Waals surface area contributed by atoms with Crippen LogP contribution in [0.5, 0.6) is 0 Å². The van der Waals surface area contributed by atoms with Gasteiger partial charge in [0.1, 0.15) is 6.04 Å². The van der Waals surface area contributed by atoms with Crippen LogP contribution < -0.4 is 16.0 Å². The van der Waals surface area contributed by atoms with Gasteiger partial charge in [-0.15, -0.1) is 0 Å². The van der Waals surface area contributed by atoms with E-state index in [1.165, 1.54) is 6.42 Å². The summed E-state index contributed by atoms with van der Waals surface area (Å²) in [5, 5.41) is 11.7. The van der Waals surface area contributed by atoms with Crippen molar-refractivity contribution in [3.8, 4) is 0 Å². The third-order valence-electron chi connectivity index (χ3n) is 8.79. The molecule has 2 amide bonds. The van der Waals surface area contributed by atoms with Crippen molar-refractivity contribution in [2.45, 2.75) is 89.9 Å². The molecule has 2 aromatic rings. The van der Waals surface area contributed by atoms with Gasteiger partial charge in [0.05, 0.1) is 0 Å². The van der Waals surface area contributed by atoms with Gasteiger partial charge < -0.3 is 16.0 Å². The van der Waals surface area contributed by atoms with Gasteiger partial charge in [-0.05, 0) is 73.6 Å². The molecule has 38 heavy (non-hydrogen) atoms. The Balaban J connectivity index is 1.77. The zero-order valence-corrected chi connectivity index (χ0v) is 24.4. The van der Waals surface area contributed by atoms with Crippen LogP contribution in [0.4, 0.5) is 0 Å². The molecule has 0 radical (unpaired) electrons. The highest BCUT2D eigenvalue weighted by Gasteiger charge is 2.53. The summed E-state index contributed by atoms with van der Waals surface area (Å²) in [5.74, 6) is 0.236. The fourth-order valence-electron chi connectivity index (χ4n) is 7.05. The molecule has 0 bridgehead atoms. The van der Waals surface area contributed by atoms with Gasteiger partial charge in [-0.25, -0.2) is 0 Å². The Morgan fingerprint density at radius 2 is 1.71 bits per heavy atom. The molecule has 0 saturated carbocycles. The molecular weight excluding hydrogens is 517 g/mol. The van der Waals surface area contributed by atoms with E-state index in [0.29, 0.717) is 33.5 Å². The SMILES string of the molecule is CCCCC1C(CC)NC(C)C2C(NC(=O)[C@@H](NC(=O)c3ccc(Cl)cc3)[C@@H]2c2cccc(Cl)c2)C1CC. The number of hydrogen-bond donors (Lipinski definition) is 3. The summed E-state index contributed by atoms with van der Waals surface area (Å²) in [7, 11) is 0. The predicted octanol–water partition coefficient (Wildman–Crippen LogP) is 6.59. The van der Waals surface area contributed by atoms with Crippen molar-refractivity contribution in [1.82, 2.24) is 16.0 Å². The summed E-state index contributed by atoms with van der Waals surface area (Å²) in [5.41, 5.74) is 1.45. The number of nitrogens with one attached hydrogen (secondary N) is 3. The van der Waals surface area contributed by atoms with E-state index in [4.69, 9.17) is 23.2 Å². The number of amides is 2. The summed E-state index contributed by atoms with van der Waals surface area (Å²) in [6, 6.07) is 14.3. The number of rotatable bonds is 8. The Bertz CT molecular complexity index is 1110. The lowest BCUT2D eigenvalue weighted by Gasteiger charge is -2.48. The van der Waals surface area contributed by atoms with Crippen molar-refractivity contribution < 1.29 is 9.59 Å². The maximum atomic E-state index is 13.9. The average Bonchev–Trinajstić information content (AvgIpc) is 3.01.